The molecule has 2 aliphatic rings. The molecule has 1 aromatic rings. The van der Waals surface area contributed by atoms with E-state index in [-0.39, 0.29) is 20.3 Å². The molecule has 1 atom stereocenters. The number of thiophene rings is 1. The zero-order valence-electron chi connectivity index (χ0n) is 11.0. The lowest BCUT2D eigenvalue weighted by Crippen LogP contribution is -2.37. The SMILES string of the molecule is O=[N+]([O-])c1cc(S(=O)(=O)NC2CCN(C3CC3)C2)sc1Cl. The van der Waals surface area contributed by atoms with Gasteiger partial charge in [-0.15, -0.1) is 11.3 Å². The Morgan fingerprint density at radius 1 is 1.43 bits per heavy atom. The lowest BCUT2D eigenvalue weighted by Gasteiger charge is -2.15. The van der Waals surface area contributed by atoms with Crippen molar-refractivity contribution in [1.82, 2.24) is 9.62 Å². The fourth-order valence-electron chi connectivity index (χ4n) is 2.53. The van der Waals surface area contributed by atoms with Gasteiger partial charge in [-0.3, -0.25) is 15.0 Å². The van der Waals surface area contributed by atoms with Crippen LogP contribution in [0.3, 0.4) is 0 Å². The number of hydrogen-bond donors (Lipinski definition) is 1. The van der Waals surface area contributed by atoms with Gasteiger partial charge in [-0.2, -0.15) is 0 Å². The van der Waals surface area contributed by atoms with Gasteiger partial charge in [-0.1, -0.05) is 11.6 Å². The van der Waals surface area contributed by atoms with Crippen molar-refractivity contribution in [3.05, 3.63) is 20.5 Å². The van der Waals surface area contributed by atoms with E-state index in [2.05, 4.69) is 9.62 Å². The summed E-state index contributed by atoms with van der Waals surface area (Å²) in [6.45, 7) is 1.59. The number of nitro groups is 1. The molecule has 0 aromatic carbocycles. The highest BCUT2D eigenvalue weighted by molar-refractivity contribution is 7.91. The minimum Gasteiger partial charge on any atom is -0.299 e. The predicted molar refractivity (Wildman–Crippen MR) is 79.3 cm³/mol. The second-order valence-electron chi connectivity index (χ2n) is 5.31. The minimum atomic E-state index is -3.75. The molecule has 0 bridgehead atoms. The first-order valence-corrected chi connectivity index (χ1v) is 9.24. The predicted octanol–water partition coefficient (Wildman–Crippen LogP) is 1.82. The average Bonchev–Trinajstić information content (AvgIpc) is 3.01. The molecule has 3 rings (SSSR count). The third-order valence-electron chi connectivity index (χ3n) is 3.71. The molecule has 1 saturated carbocycles. The van der Waals surface area contributed by atoms with Crippen molar-refractivity contribution in [2.75, 3.05) is 13.1 Å². The molecular formula is C11H14ClN3O4S2. The molecule has 21 heavy (non-hydrogen) atoms. The maximum Gasteiger partial charge on any atom is 0.300 e. The molecule has 2 heterocycles. The van der Waals surface area contributed by atoms with Gasteiger partial charge >= 0.3 is 0 Å². The van der Waals surface area contributed by atoms with Crippen molar-refractivity contribution < 1.29 is 13.3 Å². The van der Waals surface area contributed by atoms with Crippen molar-refractivity contribution in [3.63, 3.8) is 0 Å². The summed E-state index contributed by atoms with van der Waals surface area (Å²) in [6, 6.07) is 1.48. The molecule has 116 valence electrons. The molecule has 1 N–H and O–H groups in total. The molecule has 1 aromatic heterocycles. The van der Waals surface area contributed by atoms with Gasteiger partial charge in [-0.25, -0.2) is 13.1 Å². The number of halogens is 1. The van der Waals surface area contributed by atoms with Gasteiger partial charge < -0.3 is 0 Å². The average molecular weight is 352 g/mol. The quantitative estimate of drug-likeness (QED) is 0.645. The summed E-state index contributed by atoms with van der Waals surface area (Å²) in [4.78, 5) is 12.3. The van der Waals surface area contributed by atoms with E-state index in [0.717, 1.165) is 19.0 Å². The Kier molecular flexibility index (Phi) is 3.95. The van der Waals surface area contributed by atoms with Crippen LogP contribution in [0, 0.1) is 10.1 Å². The van der Waals surface area contributed by atoms with Crippen LogP contribution in [0.15, 0.2) is 10.3 Å². The van der Waals surface area contributed by atoms with Gasteiger partial charge in [0.25, 0.3) is 15.7 Å². The smallest absolute Gasteiger partial charge is 0.299 e. The first kappa shape index (κ1) is 15.2. The Morgan fingerprint density at radius 2 is 2.14 bits per heavy atom. The fraction of sp³-hybridized carbons (Fsp3) is 0.636. The van der Waals surface area contributed by atoms with Crippen LogP contribution in [0.5, 0.6) is 0 Å². The molecule has 1 saturated heterocycles. The topological polar surface area (TPSA) is 92.5 Å². The number of nitrogens with zero attached hydrogens (tertiary/aromatic N) is 2. The van der Waals surface area contributed by atoms with Gasteiger partial charge in [0.1, 0.15) is 4.21 Å². The van der Waals surface area contributed by atoms with Crippen LogP contribution in [0.2, 0.25) is 4.34 Å². The van der Waals surface area contributed by atoms with E-state index in [4.69, 9.17) is 11.6 Å². The van der Waals surface area contributed by atoms with E-state index in [1.54, 1.807) is 0 Å². The molecule has 1 aliphatic carbocycles. The third kappa shape index (κ3) is 3.21. The minimum absolute atomic E-state index is 0.107. The first-order chi connectivity index (χ1) is 9.87. The Hall–Kier alpha value is -0.740. The van der Waals surface area contributed by atoms with Gasteiger partial charge in [-0.05, 0) is 19.3 Å². The van der Waals surface area contributed by atoms with E-state index >= 15 is 0 Å². The molecule has 0 radical (unpaired) electrons. The van der Waals surface area contributed by atoms with Gasteiger partial charge in [0.2, 0.25) is 0 Å². The van der Waals surface area contributed by atoms with E-state index in [9.17, 15) is 18.5 Å². The van der Waals surface area contributed by atoms with Gasteiger partial charge in [0.15, 0.2) is 4.34 Å². The number of nitrogens with one attached hydrogen (secondary N) is 1. The summed E-state index contributed by atoms with van der Waals surface area (Å²) >= 11 is 6.42. The van der Waals surface area contributed by atoms with E-state index in [1.165, 1.54) is 12.8 Å². The second-order valence-corrected chi connectivity index (χ2v) is 8.91. The normalized spacial score (nSPS) is 23.6. The molecule has 10 heteroatoms. The Balaban J connectivity index is 1.71. The van der Waals surface area contributed by atoms with Gasteiger partial charge in [0, 0.05) is 31.2 Å². The molecule has 0 spiro atoms. The maximum absolute atomic E-state index is 12.3. The van der Waals surface area contributed by atoms with Crippen LogP contribution in [-0.2, 0) is 10.0 Å². The Morgan fingerprint density at radius 3 is 2.71 bits per heavy atom. The molecule has 0 amide bonds. The number of likely N-dealkylation sites (tertiary alicyclic amines) is 1. The van der Waals surface area contributed by atoms with Crippen LogP contribution in [0.25, 0.3) is 0 Å². The first-order valence-electron chi connectivity index (χ1n) is 6.57. The van der Waals surface area contributed by atoms with Crippen molar-refractivity contribution >= 4 is 38.6 Å². The van der Waals surface area contributed by atoms with E-state index in [0.29, 0.717) is 23.9 Å². The monoisotopic (exact) mass is 351 g/mol. The summed E-state index contributed by atoms with van der Waals surface area (Å²) in [5.41, 5.74) is -0.368. The lowest BCUT2D eigenvalue weighted by atomic mass is 10.3. The molecule has 2 fully saturated rings. The number of sulfonamides is 1. The third-order valence-corrected chi connectivity index (χ3v) is 7.04. The Bertz CT molecular complexity index is 671. The van der Waals surface area contributed by atoms with Crippen molar-refractivity contribution in [2.24, 2.45) is 0 Å². The largest absolute Gasteiger partial charge is 0.300 e. The summed E-state index contributed by atoms with van der Waals surface area (Å²) in [6.07, 6.45) is 3.13. The molecule has 1 unspecified atom stereocenters. The molecule has 7 nitrogen and oxygen atoms in total. The summed E-state index contributed by atoms with van der Waals surface area (Å²) in [5.74, 6) is 0. The van der Waals surface area contributed by atoms with Crippen molar-refractivity contribution in [2.45, 2.75) is 35.6 Å². The molecule has 1 aliphatic heterocycles. The Labute approximate surface area is 131 Å². The molecular weight excluding hydrogens is 338 g/mol. The van der Waals surface area contributed by atoms with Crippen LogP contribution in [0.1, 0.15) is 19.3 Å². The summed E-state index contributed by atoms with van der Waals surface area (Å²) in [7, 11) is -3.75. The fourth-order valence-corrected chi connectivity index (χ4v) is 5.47. The highest BCUT2D eigenvalue weighted by Crippen LogP contribution is 2.36. The second kappa shape index (κ2) is 5.47. The zero-order chi connectivity index (χ0) is 15.2. The zero-order valence-corrected chi connectivity index (χ0v) is 13.4. The van der Waals surface area contributed by atoms with Crippen LogP contribution in [-0.4, -0.2) is 43.4 Å². The lowest BCUT2D eigenvalue weighted by molar-refractivity contribution is -0.384. The van der Waals surface area contributed by atoms with Gasteiger partial charge in [0.05, 0.1) is 4.92 Å². The van der Waals surface area contributed by atoms with Crippen molar-refractivity contribution in [1.29, 1.82) is 0 Å². The highest BCUT2D eigenvalue weighted by Gasteiger charge is 2.36. The standard InChI is InChI=1S/C11H14ClN3O4S2/c12-11-9(15(16)17)5-10(20-11)21(18,19)13-7-3-4-14(6-7)8-1-2-8/h5,7-8,13H,1-4,6H2. The van der Waals surface area contributed by atoms with Crippen LogP contribution >= 0.6 is 22.9 Å². The highest BCUT2D eigenvalue weighted by atomic mass is 35.5. The van der Waals surface area contributed by atoms with Crippen LogP contribution < -0.4 is 4.72 Å². The maximum atomic E-state index is 12.3. The van der Waals surface area contributed by atoms with E-state index in [1.807, 2.05) is 0 Å². The van der Waals surface area contributed by atoms with Crippen LogP contribution in [0.4, 0.5) is 5.69 Å². The van der Waals surface area contributed by atoms with Crippen molar-refractivity contribution in [3.8, 4) is 0 Å². The number of hydrogen-bond acceptors (Lipinski definition) is 6. The summed E-state index contributed by atoms with van der Waals surface area (Å²) < 4.78 is 26.9. The van der Waals surface area contributed by atoms with E-state index < -0.39 is 14.9 Å². The summed E-state index contributed by atoms with van der Waals surface area (Å²) in [5, 5.41) is 10.7. The number of rotatable bonds is 5.